The van der Waals surface area contributed by atoms with E-state index in [2.05, 4.69) is 5.92 Å². The average molecular weight is 728 g/mol. The predicted octanol–water partition coefficient (Wildman–Crippen LogP) is 7.70. The minimum Gasteiger partial charge on any atom is -0.497 e. The molecule has 2 aliphatic rings. The minimum absolute atomic E-state index is 0.0662. The Morgan fingerprint density at radius 3 is 2.15 bits per heavy atom. The van der Waals surface area contributed by atoms with E-state index in [1.54, 1.807) is 40.4 Å². The van der Waals surface area contributed by atoms with Crippen LogP contribution in [0.25, 0.3) is 0 Å². The Labute approximate surface area is 314 Å². The molecule has 5 rings (SSSR count). The number of aryl methyl sites for hydroxylation is 1. The SMILES string of the molecule is C#CCOc1cc(CCC(OC(=O)C2CCCCN2C(=O)C(c2cc(OC)c(OC)c(OC)c2)C2CCCCC2)c2cccc(OC)c2)ccc1OC. The topological polar surface area (TPSA) is 102 Å². The average Bonchev–Trinajstić information content (AvgIpc) is 3.21. The van der Waals surface area contributed by atoms with Crippen LogP contribution in [-0.4, -0.2) is 71.5 Å². The fourth-order valence-electron chi connectivity index (χ4n) is 7.74. The molecule has 10 nitrogen and oxygen atoms in total. The van der Waals surface area contributed by atoms with E-state index < -0.39 is 24.0 Å². The van der Waals surface area contributed by atoms with Gasteiger partial charge in [-0.25, -0.2) is 4.79 Å². The van der Waals surface area contributed by atoms with Gasteiger partial charge in [-0.1, -0.05) is 43.4 Å². The molecule has 0 aromatic heterocycles. The summed E-state index contributed by atoms with van der Waals surface area (Å²) in [5.74, 6) is 4.91. The quantitative estimate of drug-likeness (QED) is 0.109. The number of likely N-dealkylation sites (tertiary alicyclic amines) is 1. The van der Waals surface area contributed by atoms with Crippen LogP contribution in [0, 0.1) is 18.3 Å². The van der Waals surface area contributed by atoms with E-state index in [1.807, 2.05) is 54.6 Å². The number of amides is 1. The number of nitrogens with zero attached hydrogens (tertiary/aromatic N) is 1. The molecule has 1 saturated carbocycles. The number of terminal acetylenes is 1. The van der Waals surface area contributed by atoms with Gasteiger partial charge in [-0.2, -0.15) is 0 Å². The molecule has 0 radical (unpaired) electrons. The number of hydrogen-bond acceptors (Lipinski definition) is 9. The summed E-state index contributed by atoms with van der Waals surface area (Å²) in [5, 5.41) is 0. The van der Waals surface area contributed by atoms with Crippen LogP contribution in [0.1, 0.15) is 86.5 Å². The van der Waals surface area contributed by atoms with Gasteiger partial charge in [0.05, 0.1) is 41.5 Å². The number of carbonyl (C=O) groups is 2. The molecule has 2 fully saturated rings. The van der Waals surface area contributed by atoms with E-state index in [1.165, 1.54) is 0 Å². The molecule has 1 saturated heterocycles. The van der Waals surface area contributed by atoms with Crippen molar-refractivity contribution < 1.29 is 42.7 Å². The molecule has 53 heavy (non-hydrogen) atoms. The molecule has 1 heterocycles. The second kappa shape index (κ2) is 19.2. The van der Waals surface area contributed by atoms with E-state index in [4.69, 9.17) is 39.6 Å². The van der Waals surface area contributed by atoms with Gasteiger partial charge < -0.3 is 38.1 Å². The molecule has 3 aromatic rings. The van der Waals surface area contributed by atoms with Crippen LogP contribution in [0.4, 0.5) is 0 Å². The van der Waals surface area contributed by atoms with Gasteiger partial charge in [-0.15, -0.1) is 6.42 Å². The van der Waals surface area contributed by atoms with Crippen LogP contribution >= 0.6 is 0 Å². The molecule has 1 aliphatic heterocycles. The second-order valence-corrected chi connectivity index (χ2v) is 13.6. The van der Waals surface area contributed by atoms with E-state index in [0.29, 0.717) is 60.3 Å². The first kappa shape index (κ1) is 39.2. The Morgan fingerprint density at radius 2 is 1.49 bits per heavy atom. The van der Waals surface area contributed by atoms with Crippen LogP contribution < -0.4 is 28.4 Å². The highest BCUT2D eigenvalue weighted by molar-refractivity contribution is 5.89. The summed E-state index contributed by atoms with van der Waals surface area (Å²) in [6.07, 6.45) is 13.1. The van der Waals surface area contributed by atoms with E-state index in [0.717, 1.165) is 61.6 Å². The zero-order valence-electron chi connectivity index (χ0n) is 31.7. The van der Waals surface area contributed by atoms with E-state index in [-0.39, 0.29) is 18.4 Å². The third-order valence-corrected chi connectivity index (χ3v) is 10.4. The summed E-state index contributed by atoms with van der Waals surface area (Å²) in [7, 11) is 7.91. The van der Waals surface area contributed by atoms with Gasteiger partial charge in [0.2, 0.25) is 11.7 Å². The minimum atomic E-state index is -0.720. The monoisotopic (exact) mass is 727 g/mol. The van der Waals surface area contributed by atoms with Gasteiger partial charge in [-0.3, -0.25) is 4.79 Å². The highest BCUT2D eigenvalue weighted by Gasteiger charge is 2.41. The van der Waals surface area contributed by atoms with Crippen molar-refractivity contribution in [1.29, 1.82) is 0 Å². The van der Waals surface area contributed by atoms with Crippen LogP contribution in [0.15, 0.2) is 54.6 Å². The Balaban J connectivity index is 1.44. The first-order valence-electron chi connectivity index (χ1n) is 18.5. The molecule has 0 bridgehead atoms. The number of piperidine rings is 1. The van der Waals surface area contributed by atoms with Crippen LogP contribution in [0.3, 0.4) is 0 Å². The summed E-state index contributed by atoms with van der Waals surface area (Å²) in [4.78, 5) is 31.1. The lowest BCUT2D eigenvalue weighted by atomic mass is 9.75. The summed E-state index contributed by atoms with van der Waals surface area (Å²) >= 11 is 0. The number of ether oxygens (including phenoxy) is 7. The fraction of sp³-hybridized carbons (Fsp3) is 0.488. The largest absolute Gasteiger partial charge is 0.497 e. The highest BCUT2D eigenvalue weighted by atomic mass is 16.5. The Hall–Kier alpha value is -5.04. The van der Waals surface area contributed by atoms with Crippen molar-refractivity contribution in [2.75, 3.05) is 48.7 Å². The lowest BCUT2D eigenvalue weighted by molar-refractivity contribution is -0.163. The number of carbonyl (C=O) groups excluding carboxylic acids is 2. The first-order chi connectivity index (χ1) is 25.8. The third kappa shape index (κ3) is 9.50. The number of methoxy groups -OCH3 is 5. The van der Waals surface area contributed by atoms with Gasteiger partial charge in [0, 0.05) is 6.54 Å². The highest BCUT2D eigenvalue weighted by Crippen LogP contribution is 2.45. The van der Waals surface area contributed by atoms with Crippen molar-refractivity contribution in [2.45, 2.75) is 82.3 Å². The van der Waals surface area contributed by atoms with Crippen molar-refractivity contribution in [3.8, 4) is 46.8 Å². The summed E-state index contributed by atoms with van der Waals surface area (Å²) in [6.45, 7) is 0.587. The maximum Gasteiger partial charge on any atom is 0.329 e. The maximum absolute atomic E-state index is 14.9. The van der Waals surface area contributed by atoms with Gasteiger partial charge in [0.1, 0.15) is 24.5 Å². The molecule has 0 spiro atoms. The first-order valence-corrected chi connectivity index (χ1v) is 18.5. The molecule has 3 aromatic carbocycles. The van der Waals surface area contributed by atoms with Gasteiger partial charge in [0.15, 0.2) is 23.0 Å². The van der Waals surface area contributed by atoms with Gasteiger partial charge >= 0.3 is 5.97 Å². The molecule has 1 aliphatic carbocycles. The van der Waals surface area contributed by atoms with Gasteiger partial charge in [-0.05, 0) is 104 Å². The second-order valence-electron chi connectivity index (χ2n) is 13.6. The molecular formula is C43H53NO9. The summed E-state index contributed by atoms with van der Waals surface area (Å²) in [6, 6.07) is 16.3. The third-order valence-electron chi connectivity index (χ3n) is 10.4. The van der Waals surface area contributed by atoms with Crippen molar-refractivity contribution in [2.24, 2.45) is 5.92 Å². The Bertz CT molecular complexity index is 1700. The predicted molar refractivity (Wildman–Crippen MR) is 202 cm³/mol. The Morgan fingerprint density at radius 1 is 0.774 bits per heavy atom. The summed E-state index contributed by atoms with van der Waals surface area (Å²) in [5.41, 5.74) is 2.58. The number of esters is 1. The molecule has 1 amide bonds. The van der Waals surface area contributed by atoms with Crippen molar-refractivity contribution in [3.63, 3.8) is 0 Å². The Kier molecular flexibility index (Phi) is 14.2. The lowest BCUT2D eigenvalue weighted by Crippen LogP contribution is -2.51. The molecule has 0 N–H and O–H groups in total. The number of hydrogen-bond donors (Lipinski definition) is 0. The van der Waals surface area contributed by atoms with E-state index in [9.17, 15) is 9.59 Å². The van der Waals surface area contributed by atoms with Crippen LogP contribution in [0.5, 0.6) is 34.5 Å². The van der Waals surface area contributed by atoms with Gasteiger partial charge in [0.25, 0.3) is 0 Å². The number of rotatable bonds is 16. The van der Waals surface area contributed by atoms with Crippen LogP contribution in [0.2, 0.25) is 0 Å². The maximum atomic E-state index is 14.9. The molecule has 284 valence electrons. The fourth-order valence-corrected chi connectivity index (χ4v) is 7.74. The van der Waals surface area contributed by atoms with Crippen molar-refractivity contribution in [3.05, 3.63) is 71.3 Å². The van der Waals surface area contributed by atoms with Crippen LogP contribution in [-0.2, 0) is 20.7 Å². The van der Waals surface area contributed by atoms with Crippen molar-refractivity contribution >= 4 is 11.9 Å². The van der Waals surface area contributed by atoms with Crippen molar-refractivity contribution in [1.82, 2.24) is 4.90 Å². The zero-order chi connectivity index (χ0) is 37.7. The summed E-state index contributed by atoms with van der Waals surface area (Å²) < 4.78 is 40.1. The standard InChI is InChI=1S/C43H53NO9/c1-7-24-52-37-25-29(20-22-36(37)48-3)19-21-35(31-16-13-17-33(26-31)47-2)53-43(46)34-18-11-12-23-44(34)42(45)40(30-14-9-8-10-15-30)32-27-38(49-4)41(51-6)39(28-32)50-5/h1,13,16-17,20,22,25-28,30,34-35,40H,8-12,14-15,18-19,21,23-24H2,2-6H3. The molecule has 3 atom stereocenters. The smallest absolute Gasteiger partial charge is 0.329 e. The number of benzene rings is 3. The van der Waals surface area contributed by atoms with E-state index >= 15 is 0 Å². The molecular weight excluding hydrogens is 674 g/mol. The normalized spacial score (nSPS) is 17.1. The molecule has 3 unspecified atom stereocenters. The lowest BCUT2D eigenvalue weighted by Gasteiger charge is -2.40. The zero-order valence-corrected chi connectivity index (χ0v) is 31.7. The molecule has 10 heteroatoms.